The molecule has 1 nitrogen and oxygen atoms in total. The summed E-state index contributed by atoms with van der Waals surface area (Å²) in [5.74, 6) is 0. The van der Waals surface area contributed by atoms with Crippen molar-refractivity contribution in [3.8, 4) is 0 Å². The second-order valence-corrected chi connectivity index (χ2v) is 3.36. The molecule has 1 aromatic rings. The number of halogens is 1. The Kier molecular flexibility index (Phi) is 3.57. The lowest BCUT2D eigenvalue weighted by atomic mass is 10.1. The van der Waals surface area contributed by atoms with Crippen LogP contribution in [0.4, 0.5) is 0 Å². The highest BCUT2D eigenvalue weighted by Gasteiger charge is 1.99. The van der Waals surface area contributed by atoms with Gasteiger partial charge in [0.15, 0.2) is 0 Å². The molecule has 0 fully saturated rings. The first-order valence-corrected chi connectivity index (χ1v) is 4.66. The van der Waals surface area contributed by atoms with Crippen LogP contribution >= 0.6 is 11.6 Å². The van der Waals surface area contributed by atoms with E-state index >= 15 is 0 Å². The first-order valence-electron chi connectivity index (χ1n) is 4.22. The van der Waals surface area contributed by atoms with Gasteiger partial charge in [-0.15, -0.1) is 11.6 Å². The van der Waals surface area contributed by atoms with Gasteiger partial charge in [-0.1, -0.05) is 37.6 Å². The predicted molar refractivity (Wildman–Crippen MR) is 53.2 cm³/mol. The first kappa shape index (κ1) is 9.56. The van der Waals surface area contributed by atoms with Crippen LogP contribution in [0.25, 0.3) is 0 Å². The second-order valence-electron chi connectivity index (χ2n) is 2.89. The molecule has 0 saturated carbocycles. The summed E-state index contributed by atoms with van der Waals surface area (Å²) in [6.45, 7) is 2.17. The van der Waals surface area contributed by atoms with E-state index in [0.717, 1.165) is 12.0 Å². The normalized spacial score (nSPS) is 12.9. The van der Waals surface area contributed by atoms with Gasteiger partial charge >= 0.3 is 0 Å². The fourth-order valence-electron chi connectivity index (χ4n) is 1.16. The minimum absolute atomic E-state index is 0.374. The van der Waals surface area contributed by atoms with E-state index in [4.69, 9.17) is 17.3 Å². The van der Waals surface area contributed by atoms with Crippen LogP contribution in [0.15, 0.2) is 24.3 Å². The Morgan fingerprint density at radius 2 is 1.92 bits per heavy atom. The van der Waals surface area contributed by atoms with Crippen LogP contribution in [0.2, 0.25) is 0 Å². The summed E-state index contributed by atoms with van der Waals surface area (Å²) in [6, 6.07) is 8.15. The maximum absolute atomic E-state index is 5.71. The summed E-state index contributed by atoms with van der Waals surface area (Å²) in [5, 5.41) is 0. The smallest absolute Gasteiger partial charge is 0.106 e. The van der Waals surface area contributed by atoms with Gasteiger partial charge in [0.2, 0.25) is 0 Å². The van der Waals surface area contributed by atoms with E-state index in [1.54, 1.807) is 0 Å². The third kappa shape index (κ3) is 2.50. The predicted octanol–water partition coefficient (Wildman–Crippen LogP) is 2.84. The summed E-state index contributed by atoms with van der Waals surface area (Å²) >= 11 is 5.71. The van der Waals surface area contributed by atoms with E-state index in [-0.39, 0.29) is 5.50 Å². The van der Waals surface area contributed by atoms with Gasteiger partial charge < -0.3 is 5.73 Å². The fourth-order valence-corrected chi connectivity index (χ4v) is 1.30. The van der Waals surface area contributed by atoms with E-state index in [0.29, 0.717) is 0 Å². The van der Waals surface area contributed by atoms with Gasteiger partial charge in [-0.05, 0) is 17.5 Å². The van der Waals surface area contributed by atoms with Crippen LogP contribution in [0.5, 0.6) is 0 Å². The standard InChI is InChI=1S/C10H14ClN/c1-2-3-8-4-6-9(7-5-8)10(11)12/h4-7,10H,2-3,12H2,1H3. The molecule has 0 saturated heterocycles. The maximum Gasteiger partial charge on any atom is 0.106 e. The van der Waals surface area contributed by atoms with Gasteiger partial charge in [0.25, 0.3) is 0 Å². The van der Waals surface area contributed by atoms with Gasteiger partial charge in [0, 0.05) is 0 Å². The fraction of sp³-hybridized carbons (Fsp3) is 0.400. The average Bonchev–Trinajstić information content (AvgIpc) is 2.06. The van der Waals surface area contributed by atoms with Crippen molar-refractivity contribution in [3.05, 3.63) is 35.4 Å². The summed E-state index contributed by atoms with van der Waals surface area (Å²) in [6.07, 6.45) is 2.30. The summed E-state index contributed by atoms with van der Waals surface area (Å²) in [7, 11) is 0. The molecule has 0 aliphatic rings. The zero-order chi connectivity index (χ0) is 8.97. The molecule has 0 amide bonds. The molecule has 0 aromatic heterocycles. The molecule has 66 valence electrons. The lowest BCUT2D eigenvalue weighted by molar-refractivity contribution is 0.917. The molecule has 0 spiro atoms. The quantitative estimate of drug-likeness (QED) is 0.566. The van der Waals surface area contributed by atoms with Crippen molar-refractivity contribution >= 4 is 11.6 Å². The molecule has 0 aliphatic carbocycles. The number of alkyl halides is 1. The lowest BCUT2D eigenvalue weighted by Crippen LogP contribution is -2.01. The molecule has 2 N–H and O–H groups in total. The third-order valence-corrected chi connectivity index (χ3v) is 2.09. The van der Waals surface area contributed by atoms with E-state index < -0.39 is 0 Å². The first-order chi connectivity index (χ1) is 5.74. The topological polar surface area (TPSA) is 26.0 Å². The molecular formula is C10H14ClN. The van der Waals surface area contributed by atoms with E-state index in [1.165, 1.54) is 12.0 Å². The molecule has 1 aromatic carbocycles. The average molecular weight is 184 g/mol. The van der Waals surface area contributed by atoms with Crippen LogP contribution in [-0.2, 0) is 6.42 Å². The number of hydrogen-bond acceptors (Lipinski definition) is 1. The van der Waals surface area contributed by atoms with Crippen molar-refractivity contribution < 1.29 is 0 Å². The molecule has 1 rings (SSSR count). The Balaban J connectivity index is 2.71. The Hall–Kier alpha value is -0.530. The van der Waals surface area contributed by atoms with Crippen molar-refractivity contribution in [2.45, 2.75) is 25.3 Å². The Bertz CT molecular complexity index is 228. The van der Waals surface area contributed by atoms with Crippen molar-refractivity contribution in [1.29, 1.82) is 0 Å². The Morgan fingerprint density at radius 3 is 2.33 bits per heavy atom. The molecule has 0 heterocycles. The number of benzene rings is 1. The van der Waals surface area contributed by atoms with Crippen molar-refractivity contribution in [1.82, 2.24) is 0 Å². The number of rotatable bonds is 3. The van der Waals surface area contributed by atoms with Gasteiger partial charge in [-0.25, -0.2) is 0 Å². The summed E-state index contributed by atoms with van der Waals surface area (Å²) < 4.78 is 0. The van der Waals surface area contributed by atoms with Gasteiger partial charge in [-0.3, -0.25) is 0 Å². The van der Waals surface area contributed by atoms with Crippen LogP contribution in [-0.4, -0.2) is 0 Å². The van der Waals surface area contributed by atoms with E-state index in [2.05, 4.69) is 19.1 Å². The van der Waals surface area contributed by atoms with Crippen molar-refractivity contribution in [2.75, 3.05) is 0 Å². The monoisotopic (exact) mass is 183 g/mol. The Labute approximate surface area is 78.5 Å². The number of aryl methyl sites for hydroxylation is 1. The molecule has 2 heteroatoms. The zero-order valence-corrected chi connectivity index (χ0v) is 8.01. The maximum atomic E-state index is 5.71. The van der Waals surface area contributed by atoms with Gasteiger partial charge in [0.05, 0.1) is 0 Å². The number of hydrogen-bond donors (Lipinski definition) is 1. The van der Waals surface area contributed by atoms with Crippen molar-refractivity contribution in [3.63, 3.8) is 0 Å². The molecule has 0 radical (unpaired) electrons. The highest BCUT2D eigenvalue weighted by Crippen LogP contribution is 2.15. The summed E-state index contributed by atoms with van der Waals surface area (Å²) in [5.41, 5.74) is 7.46. The number of nitrogens with two attached hydrogens (primary N) is 1. The van der Waals surface area contributed by atoms with E-state index in [9.17, 15) is 0 Å². The van der Waals surface area contributed by atoms with Gasteiger partial charge in [-0.2, -0.15) is 0 Å². The van der Waals surface area contributed by atoms with Crippen molar-refractivity contribution in [2.24, 2.45) is 5.73 Å². The third-order valence-electron chi connectivity index (χ3n) is 1.84. The Morgan fingerprint density at radius 1 is 1.33 bits per heavy atom. The van der Waals surface area contributed by atoms with Crippen LogP contribution in [0, 0.1) is 0 Å². The molecular weight excluding hydrogens is 170 g/mol. The SMILES string of the molecule is CCCc1ccc(C(N)Cl)cc1. The van der Waals surface area contributed by atoms with Gasteiger partial charge in [0.1, 0.15) is 5.50 Å². The lowest BCUT2D eigenvalue weighted by Gasteiger charge is -2.04. The second kappa shape index (κ2) is 4.48. The van der Waals surface area contributed by atoms with Crippen LogP contribution < -0.4 is 5.73 Å². The zero-order valence-electron chi connectivity index (χ0n) is 7.26. The molecule has 1 unspecified atom stereocenters. The van der Waals surface area contributed by atoms with Crippen LogP contribution in [0.1, 0.15) is 30.0 Å². The molecule has 1 atom stereocenters. The summed E-state index contributed by atoms with van der Waals surface area (Å²) in [4.78, 5) is 0. The van der Waals surface area contributed by atoms with E-state index in [1.807, 2.05) is 12.1 Å². The molecule has 0 bridgehead atoms. The minimum atomic E-state index is -0.374. The molecule has 0 aliphatic heterocycles. The minimum Gasteiger partial charge on any atom is -0.312 e. The molecule has 12 heavy (non-hydrogen) atoms. The largest absolute Gasteiger partial charge is 0.312 e. The van der Waals surface area contributed by atoms with Crippen LogP contribution in [0.3, 0.4) is 0 Å². The highest BCUT2D eigenvalue weighted by atomic mass is 35.5. The highest BCUT2D eigenvalue weighted by molar-refractivity contribution is 6.20.